The average Bonchev–Trinajstić information content (AvgIpc) is 3.36. The third-order valence-corrected chi connectivity index (χ3v) is 7.79. The number of aryl methyl sites for hydroxylation is 1. The van der Waals surface area contributed by atoms with Crippen LogP contribution in [0.15, 0.2) is 48.5 Å². The Hall–Kier alpha value is -3.23. The zero-order valence-corrected chi connectivity index (χ0v) is 21.0. The SMILES string of the molecule is CCc1ccccc1NC(=O)CN1CCN(CC(=O)N2c3ccccc3NC(=O)C23CCCC3)CC1. The topological polar surface area (TPSA) is 85.0 Å². The maximum Gasteiger partial charge on any atom is 0.250 e. The van der Waals surface area contributed by atoms with Gasteiger partial charge in [0, 0.05) is 31.9 Å². The fourth-order valence-corrected chi connectivity index (χ4v) is 5.84. The van der Waals surface area contributed by atoms with Crippen molar-refractivity contribution in [2.24, 2.45) is 0 Å². The first-order chi connectivity index (χ1) is 17.5. The predicted octanol–water partition coefficient (Wildman–Crippen LogP) is 3.10. The number of amides is 3. The van der Waals surface area contributed by atoms with Gasteiger partial charge in [0.2, 0.25) is 11.8 Å². The van der Waals surface area contributed by atoms with E-state index in [1.165, 1.54) is 0 Å². The molecule has 36 heavy (non-hydrogen) atoms. The third kappa shape index (κ3) is 4.75. The van der Waals surface area contributed by atoms with Gasteiger partial charge in [0.05, 0.1) is 24.5 Å². The average molecular weight is 490 g/mol. The maximum atomic E-state index is 13.7. The highest BCUT2D eigenvalue weighted by atomic mass is 16.2. The van der Waals surface area contributed by atoms with Crippen LogP contribution in [-0.2, 0) is 20.8 Å². The van der Waals surface area contributed by atoms with Crippen LogP contribution in [0.4, 0.5) is 17.1 Å². The quantitative estimate of drug-likeness (QED) is 0.652. The minimum atomic E-state index is -0.778. The van der Waals surface area contributed by atoms with Crippen molar-refractivity contribution in [1.82, 2.24) is 9.80 Å². The molecule has 1 spiro atoms. The van der Waals surface area contributed by atoms with Gasteiger partial charge in [0.1, 0.15) is 5.54 Å². The number of nitrogens with zero attached hydrogens (tertiary/aromatic N) is 3. The molecule has 2 aliphatic heterocycles. The second kappa shape index (κ2) is 10.4. The third-order valence-electron chi connectivity index (χ3n) is 7.79. The van der Waals surface area contributed by atoms with Crippen LogP contribution in [0.3, 0.4) is 0 Å². The van der Waals surface area contributed by atoms with E-state index in [9.17, 15) is 14.4 Å². The Morgan fingerprint density at radius 2 is 1.56 bits per heavy atom. The molecule has 0 unspecified atom stereocenters. The first kappa shape index (κ1) is 24.5. The molecule has 0 bridgehead atoms. The van der Waals surface area contributed by atoms with E-state index >= 15 is 0 Å². The van der Waals surface area contributed by atoms with Gasteiger partial charge in [-0.15, -0.1) is 0 Å². The lowest BCUT2D eigenvalue weighted by Gasteiger charge is -2.45. The molecule has 3 aliphatic rings. The molecule has 2 heterocycles. The summed E-state index contributed by atoms with van der Waals surface area (Å²) in [4.78, 5) is 45.5. The number of benzene rings is 2. The Kier molecular flexibility index (Phi) is 7.07. The van der Waals surface area contributed by atoms with E-state index in [1.54, 1.807) is 4.90 Å². The molecule has 3 amide bonds. The highest BCUT2D eigenvalue weighted by Gasteiger charge is 2.52. The molecule has 2 aromatic rings. The van der Waals surface area contributed by atoms with E-state index in [-0.39, 0.29) is 24.3 Å². The molecule has 2 N–H and O–H groups in total. The highest BCUT2D eigenvalue weighted by molar-refractivity contribution is 6.15. The van der Waals surface area contributed by atoms with E-state index in [0.717, 1.165) is 49.3 Å². The number of piperazine rings is 1. The van der Waals surface area contributed by atoms with Crippen molar-refractivity contribution in [1.29, 1.82) is 0 Å². The van der Waals surface area contributed by atoms with Crippen LogP contribution in [0.25, 0.3) is 0 Å². The summed E-state index contributed by atoms with van der Waals surface area (Å²) in [7, 11) is 0. The predicted molar refractivity (Wildman–Crippen MR) is 141 cm³/mol. The van der Waals surface area contributed by atoms with Gasteiger partial charge in [0.15, 0.2) is 0 Å². The standard InChI is InChI=1S/C28H35N5O3/c1-2-21-9-3-4-10-22(21)29-25(34)19-31-15-17-32(18-16-31)20-26(35)33-24-12-6-5-11-23(24)30-27(36)28(33)13-7-8-14-28/h3-6,9-12H,2,7-8,13-20H2,1H3,(H,29,34)(H,30,36). The molecule has 2 aromatic carbocycles. The summed E-state index contributed by atoms with van der Waals surface area (Å²) in [5.41, 5.74) is 2.73. The number of nitrogens with one attached hydrogen (secondary N) is 2. The molecule has 8 nitrogen and oxygen atoms in total. The fourth-order valence-electron chi connectivity index (χ4n) is 5.84. The van der Waals surface area contributed by atoms with Crippen LogP contribution in [0.2, 0.25) is 0 Å². The van der Waals surface area contributed by atoms with E-state index in [4.69, 9.17) is 0 Å². The number of carbonyl (C=O) groups is 3. The molecule has 190 valence electrons. The Morgan fingerprint density at radius 3 is 2.28 bits per heavy atom. The lowest BCUT2D eigenvalue weighted by Crippen LogP contribution is -2.62. The molecular weight excluding hydrogens is 454 g/mol. The number of para-hydroxylation sites is 3. The first-order valence-electron chi connectivity index (χ1n) is 13.1. The normalized spacial score (nSPS) is 19.7. The molecule has 1 saturated heterocycles. The minimum absolute atomic E-state index is 0.0143. The summed E-state index contributed by atoms with van der Waals surface area (Å²) in [6.45, 7) is 5.54. The van der Waals surface area contributed by atoms with Gasteiger partial charge in [-0.1, -0.05) is 50.1 Å². The van der Waals surface area contributed by atoms with Crippen molar-refractivity contribution in [2.75, 3.05) is 54.8 Å². The van der Waals surface area contributed by atoms with Gasteiger partial charge in [-0.05, 0) is 43.0 Å². The molecule has 8 heteroatoms. The molecule has 1 saturated carbocycles. The zero-order valence-electron chi connectivity index (χ0n) is 21.0. The summed E-state index contributed by atoms with van der Waals surface area (Å²) < 4.78 is 0. The molecule has 0 aromatic heterocycles. The van der Waals surface area contributed by atoms with Crippen molar-refractivity contribution in [3.63, 3.8) is 0 Å². The lowest BCUT2D eigenvalue weighted by atomic mass is 9.89. The van der Waals surface area contributed by atoms with Crippen LogP contribution in [0, 0.1) is 0 Å². The summed E-state index contributed by atoms with van der Waals surface area (Å²) in [6, 6.07) is 15.5. The van der Waals surface area contributed by atoms with Gasteiger partial charge in [-0.25, -0.2) is 0 Å². The van der Waals surface area contributed by atoms with Crippen LogP contribution < -0.4 is 15.5 Å². The minimum Gasteiger partial charge on any atom is -0.325 e. The Balaban J connectivity index is 1.19. The van der Waals surface area contributed by atoms with E-state index in [1.807, 2.05) is 48.5 Å². The first-order valence-corrected chi connectivity index (χ1v) is 13.1. The Labute approximate surface area is 212 Å². The fraction of sp³-hybridized carbons (Fsp3) is 0.464. The molecule has 0 radical (unpaired) electrons. The van der Waals surface area contributed by atoms with Crippen LogP contribution in [0.1, 0.15) is 38.2 Å². The van der Waals surface area contributed by atoms with Crippen molar-refractivity contribution in [2.45, 2.75) is 44.6 Å². The number of carbonyl (C=O) groups excluding carboxylic acids is 3. The summed E-state index contributed by atoms with van der Waals surface area (Å²) in [5, 5.41) is 6.08. The van der Waals surface area contributed by atoms with E-state index in [0.29, 0.717) is 38.2 Å². The lowest BCUT2D eigenvalue weighted by molar-refractivity contribution is -0.128. The van der Waals surface area contributed by atoms with Crippen LogP contribution in [0.5, 0.6) is 0 Å². The van der Waals surface area contributed by atoms with Crippen molar-refractivity contribution >= 4 is 34.8 Å². The molecule has 2 fully saturated rings. The number of anilines is 3. The van der Waals surface area contributed by atoms with Gasteiger partial charge in [-0.3, -0.25) is 29.1 Å². The van der Waals surface area contributed by atoms with E-state index < -0.39 is 5.54 Å². The summed E-state index contributed by atoms with van der Waals surface area (Å²) in [5.74, 6) is -0.103. The smallest absolute Gasteiger partial charge is 0.250 e. The number of rotatable bonds is 6. The van der Waals surface area contributed by atoms with E-state index in [2.05, 4.69) is 27.4 Å². The van der Waals surface area contributed by atoms with Crippen LogP contribution in [-0.4, -0.2) is 72.3 Å². The molecule has 1 aliphatic carbocycles. The second-order valence-electron chi connectivity index (χ2n) is 10.1. The molecule has 5 rings (SSSR count). The van der Waals surface area contributed by atoms with Crippen molar-refractivity contribution in [3.05, 3.63) is 54.1 Å². The maximum absolute atomic E-state index is 13.7. The number of hydrogen-bond acceptors (Lipinski definition) is 5. The summed E-state index contributed by atoms with van der Waals surface area (Å²) >= 11 is 0. The highest BCUT2D eigenvalue weighted by Crippen LogP contribution is 2.45. The monoisotopic (exact) mass is 489 g/mol. The van der Waals surface area contributed by atoms with Gasteiger partial charge >= 0.3 is 0 Å². The number of fused-ring (bicyclic) bond motifs is 1. The van der Waals surface area contributed by atoms with Gasteiger partial charge < -0.3 is 10.6 Å². The van der Waals surface area contributed by atoms with Crippen molar-refractivity contribution in [3.8, 4) is 0 Å². The van der Waals surface area contributed by atoms with Gasteiger partial charge in [0.25, 0.3) is 5.91 Å². The zero-order chi connectivity index (χ0) is 25.1. The second-order valence-corrected chi connectivity index (χ2v) is 10.1. The molecule has 0 atom stereocenters. The summed E-state index contributed by atoms with van der Waals surface area (Å²) in [6.07, 6.45) is 4.16. The Morgan fingerprint density at radius 1 is 0.917 bits per heavy atom. The largest absolute Gasteiger partial charge is 0.325 e. The van der Waals surface area contributed by atoms with Crippen molar-refractivity contribution < 1.29 is 14.4 Å². The Bertz CT molecular complexity index is 1140. The van der Waals surface area contributed by atoms with Crippen LogP contribution >= 0.6 is 0 Å². The van der Waals surface area contributed by atoms with Gasteiger partial charge in [-0.2, -0.15) is 0 Å². The number of hydrogen-bond donors (Lipinski definition) is 2. The molecular formula is C28H35N5O3.